The van der Waals surface area contributed by atoms with Gasteiger partial charge in [0.1, 0.15) is 0 Å². The fourth-order valence-electron chi connectivity index (χ4n) is 2.84. The predicted molar refractivity (Wildman–Crippen MR) is 61.7 cm³/mol. The molecule has 1 unspecified atom stereocenters. The van der Waals surface area contributed by atoms with Crippen molar-refractivity contribution in [1.82, 2.24) is 5.32 Å². The molecular weight excluding hydrogens is 188 g/mol. The maximum absolute atomic E-state index is 6.30. The first kappa shape index (κ1) is 11.4. The molecule has 0 aromatic rings. The van der Waals surface area contributed by atoms with Crippen LogP contribution in [0.25, 0.3) is 0 Å². The number of nitrogens with one attached hydrogen (secondary N) is 1. The number of piperidine rings is 1. The lowest BCUT2D eigenvalue weighted by molar-refractivity contribution is 0.0548. The van der Waals surface area contributed by atoms with Gasteiger partial charge in [-0.25, -0.2) is 0 Å². The largest absolute Gasteiger partial charge is 0.381 e. The van der Waals surface area contributed by atoms with Gasteiger partial charge in [0, 0.05) is 19.3 Å². The van der Waals surface area contributed by atoms with Crippen LogP contribution in [0.1, 0.15) is 32.1 Å². The zero-order valence-electron chi connectivity index (χ0n) is 9.58. The molecule has 2 heterocycles. The fraction of sp³-hybridized carbons (Fsp3) is 1.00. The Morgan fingerprint density at radius 2 is 1.80 bits per heavy atom. The van der Waals surface area contributed by atoms with Gasteiger partial charge < -0.3 is 15.8 Å². The van der Waals surface area contributed by atoms with E-state index in [2.05, 4.69) is 5.32 Å². The van der Waals surface area contributed by atoms with Crippen molar-refractivity contribution < 1.29 is 4.74 Å². The maximum atomic E-state index is 6.30. The van der Waals surface area contributed by atoms with Crippen LogP contribution in [0.3, 0.4) is 0 Å². The van der Waals surface area contributed by atoms with Gasteiger partial charge in [0.2, 0.25) is 0 Å². The third-order valence-corrected chi connectivity index (χ3v) is 3.94. The quantitative estimate of drug-likeness (QED) is 0.737. The Labute approximate surface area is 92.7 Å². The molecule has 2 saturated heterocycles. The molecule has 0 aromatic heterocycles. The van der Waals surface area contributed by atoms with Crippen LogP contribution in [0.5, 0.6) is 0 Å². The number of ether oxygens (including phenoxy) is 1. The Morgan fingerprint density at radius 1 is 1.13 bits per heavy atom. The fourth-order valence-corrected chi connectivity index (χ4v) is 2.84. The molecule has 0 saturated carbocycles. The van der Waals surface area contributed by atoms with Crippen molar-refractivity contribution >= 4 is 0 Å². The molecule has 0 bridgehead atoms. The standard InChI is InChI=1S/C12H24N2O/c13-12(11-3-7-15-8-4-11)9-10-1-5-14-6-2-10/h10-12,14H,1-9,13H2. The molecule has 15 heavy (non-hydrogen) atoms. The summed E-state index contributed by atoms with van der Waals surface area (Å²) in [7, 11) is 0. The molecule has 0 radical (unpaired) electrons. The van der Waals surface area contributed by atoms with E-state index in [0.717, 1.165) is 19.1 Å². The Morgan fingerprint density at radius 3 is 2.47 bits per heavy atom. The lowest BCUT2D eigenvalue weighted by Crippen LogP contribution is -2.38. The van der Waals surface area contributed by atoms with Crippen molar-refractivity contribution in [3.8, 4) is 0 Å². The summed E-state index contributed by atoms with van der Waals surface area (Å²) in [5, 5.41) is 3.41. The molecule has 2 rings (SSSR count). The minimum absolute atomic E-state index is 0.414. The van der Waals surface area contributed by atoms with Crippen molar-refractivity contribution in [3.63, 3.8) is 0 Å². The molecule has 0 spiro atoms. The summed E-state index contributed by atoms with van der Waals surface area (Å²) < 4.78 is 5.37. The Hall–Kier alpha value is -0.120. The summed E-state index contributed by atoms with van der Waals surface area (Å²) in [4.78, 5) is 0. The first-order valence-corrected chi connectivity index (χ1v) is 6.40. The van der Waals surface area contributed by atoms with Crippen LogP contribution in [0.4, 0.5) is 0 Å². The lowest BCUT2D eigenvalue weighted by Gasteiger charge is -2.31. The highest BCUT2D eigenvalue weighted by Crippen LogP contribution is 2.25. The number of rotatable bonds is 3. The first-order valence-electron chi connectivity index (χ1n) is 6.40. The van der Waals surface area contributed by atoms with Crippen LogP contribution < -0.4 is 11.1 Å². The number of hydrogen-bond acceptors (Lipinski definition) is 3. The monoisotopic (exact) mass is 212 g/mol. The van der Waals surface area contributed by atoms with Crippen molar-refractivity contribution in [2.24, 2.45) is 17.6 Å². The molecule has 0 aliphatic carbocycles. The van der Waals surface area contributed by atoms with Crippen LogP contribution in [0.2, 0.25) is 0 Å². The van der Waals surface area contributed by atoms with Crippen LogP contribution in [-0.2, 0) is 4.74 Å². The van der Waals surface area contributed by atoms with Crippen LogP contribution in [0, 0.1) is 11.8 Å². The second-order valence-corrected chi connectivity index (χ2v) is 5.04. The summed E-state index contributed by atoms with van der Waals surface area (Å²) in [6.07, 6.45) is 6.21. The van der Waals surface area contributed by atoms with Gasteiger partial charge in [-0.1, -0.05) is 0 Å². The van der Waals surface area contributed by atoms with Crippen molar-refractivity contribution in [2.45, 2.75) is 38.1 Å². The van der Waals surface area contributed by atoms with Crippen molar-refractivity contribution in [3.05, 3.63) is 0 Å². The highest BCUT2D eigenvalue weighted by Gasteiger charge is 2.24. The molecule has 0 aromatic carbocycles. The molecule has 1 atom stereocenters. The van der Waals surface area contributed by atoms with E-state index in [1.807, 2.05) is 0 Å². The summed E-state index contributed by atoms with van der Waals surface area (Å²) in [5.74, 6) is 1.58. The molecule has 2 aliphatic rings. The van der Waals surface area contributed by atoms with E-state index in [-0.39, 0.29) is 0 Å². The van der Waals surface area contributed by atoms with Crippen LogP contribution >= 0.6 is 0 Å². The van der Waals surface area contributed by atoms with Gasteiger partial charge in [0.05, 0.1) is 0 Å². The second kappa shape index (κ2) is 5.83. The SMILES string of the molecule is NC(CC1CCNCC1)C1CCOCC1. The highest BCUT2D eigenvalue weighted by atomic mass is 16.5. The van der Waals surface area contributed by atoms with Crippen LogP contribution in [-0.4, -0.2) is 32.3 Å². The van der Waals surface area contributed by atoms with Gasteiger partial charge in [0.25, 0.3) is 0 Å². The molecule has 88 valence electrons. The molecule has 2 fully saturated rings. The minimum atomic E-state index is 0.414. The molecule has 3 N–H and O–H groups in total. The summed E-state index contributed by atoms with van der Waals surface area (Å²) >= 11 is 0. The van der Waals surface area contributed by atoms with Crippen LogP contribution in [0.15, 0.2) is 0 Å². The van der Waals surface area contributed by atoms with E-state index >= 15 is 0 Å². The van der Waals surface area contributed by atoms with E-state index in [4.69, 9.17) is 10.5 Å². The van der Waals surface area contributed by atoms with E-state index < -0.39 is 0 Å². The Balaban J connectivity index is 1.72. The Bertz CT molecular complexity index is 174. The van der Waals surface area contributed by atoms with E-state index in [1.54, 1.807) is 0 Å². The topological polar surface area (TPSA) is 47.3 Å². The molecule has 3 nitrogen and oxygen atoms in total. The van der Waals surface area contributed by atoms with E-state index in [1.165, 1.54) is 45.2 Å². The van der Waals surface area contributed by atoms with Crippen molar-refractivity contribution in [1.29, 1.82) is 0 Å². The first-order chi connectivity index (χ1) is 7.36. The van der Waals surface area contributed by atoms with Gasteiger partial charge in [-0.3, -0.25) is 0 Å². The second-order valence-electron chi connectivity index (χ2n) is 5.04. The van der Waals surface area contributed by atoms with Gasteiger partial charge in [-0.05, 0) is 57.0 Å². The minimum Gasteiger partial charge on any atom is -0.381 e. The van der Waals surface area contributed by atoms with Gasteiger partial charge >= 0.3 is 0 Å². The lowest BCUT2D eigenvalue weighted by atomic mass is 9.83. The zero-order valence-corrected chi connectivity index (χ0v) is 9.58. The van der Waals surface area contributed by atoms with Gasteiger partial charge in [-0.2, -0.15) is 0 Å². The average Bonchev–Trinajstić information content (AvgIpc) is 2.31. The molecular formula is C12H24N2O. The van der Waals surface area contributed by atoms with E-state index in [0.29, 0.717) is 12.0 Å². The molecule has 0 amide bonds. The average molecular weight is 212 g/mol. The highest BCUT2D eigenvalue weighted by molar-refractivity contribution is 4.80. The third-order valence-electron chi connectivity index (χ3n) is 3.94. The third kappa shape index (κ3) is 3.44. The summed E-state index contributed by atoms with van der Waals surface area (Å²) in [5.41, 5.74) is 6.30. The van der Waals surface area contributed by atoms with Gasteiger partial charge in [-0.15, -0.1) is 0 Å². The summed E-state index contributed by atoms with van der Waals surface area (Å²) in [6, 6.07) is 0.414. The van der Waals surface area contributed by atoms with E-state index in [9.17, 15) is 0 Å². The smallest absolute Gasteiger partial charge is 0.0469 e. The molecule has 2 aliphatic heterocycles. The van der Waals surface area contributed by atoms with Crippen molar-refractivity contribution in [2.75, 3.05) is 26.3 Å². The zero-order chi connectivity index (χ0) is 10.5. The predicted octanol–water partition coefficient (Wildman–Crippen LogP) is 1.13. The Kier molecular flexibility index (Phi) is 4.42. The normalized spacial score (nSPS) is 27.8. The number of hydrogen-bond donors (Lipinski definition) is 2. The van der Waals surface area contributed by atoms with Gasteiger partial charge in [0.15, 0.2) is 0 Å². The maximum Gasteiger partial charge on any atom is 0.0469 e. The number of nitrogens with two attached hydrogens (primary N) is 1. The molecule has 3 heteroatoms. The summed E-state index contributed by atoms with van der Waals surface area (Å²) in [6.45, 7) is 4.21.